The Morgan fingerprint density at radius 2 is 1.79 bits per heavy atom. The van der Waals surface area contributed by atoms with E-state index in [9.17, 15) is 0 Å². The summed E-state index contributed by atoms with van der Waals surface area (Å²) in [7, 11) is 0. The molecule has 0 amide bonds. The van der Waals surface area contributed by atoms with E-state index in [0.717, 1.165) is 23.4 Å². The van der Waals surface area contributed by atoms with Crippen LogP contribution in [0.25, 0.3) is 0 Å². The number of hydrogen-bond donors (Lipinski definition) is 0. The van der Waals surface area contributed by atoms with E-state index in [1.165, 1.54) is 5.57 Å². The predicted molar refractivity (Wildman–Crippen MR) is 86.3 cm³/mol. The molecule has 0 fully saturated rings. The molecule has 19 heavy (non-hydrogen) atoms. The van der Waals surface area contributed by atoms with Crippen molar-refractivity contribution in [2.75, 3.05) is 11.4 Å². The molecule has 1 aromatic carbocycles. The van der Waals surface area contributed by atoms with Crippen molar-refractivity contribution in [1.82, 2.24) is 0 Å². The van der Waals surface area contributed by atoms with Gasteiger partial charge in [-0.15, -0.1) is 6.58 Å². The first kappa shape index (κ1) is 15.0. The molecule has 0 atom stereocenters. The van der Waals surface area contributed by atoms with Gasteiger partial charge in [0.05, 0.1) is 0 Å². The Morgan fingerprint density at radius 1 is 1.16 bits per heavy atom. The molecule has 1 aromatic rings. The lowest BCUT2D eigenvalue weighted by Crippen LogP contribution is -2.16. The van der Waals surface area contributed by atoms with Gasteiger partial charge in [0.25, 0.3) is 0 Å². The fourth-order valence-corrected chi connectivity index (χ4v) is 1.77. The molecule has 0 bridgehead atoms. The average Bonchev–Trinajstić information content (AvgIpc) is 2.38. The van der Waals surface area contributed by atoms with Crippen LogP contribution in [0.4, 0.5) is 5.69 Å². The van der Waals surface area contributed by atoms with Gasteiger partial charge in [-0.3, -0.25) is 0 Å². The maximum atomic E-state index is 4.10. The van der Waals surface area contributed by atoms with Crippen molar-refractivity contribution < 1.29 is 0 Å². The summed E-state index contributed by atoms with van der Waals surface area (Å²) in [6.07, 6.45) is 6.13. The van der Waals surface area contributed by atoms with Crippen LogP contribution in [-0.2, 0) is 0 Å². The molecule has 0 N–H and O–H groups in total. The predicted octanol–water partition coefficient (Wildman–Crippen LogP) is 5.11. The Morgan fingerprint density at radius 3 is 2.32 bits per heavy atom. The topological polar surface area (TPSA) is 3.24 Å². The van der Waals surface area contributed by atoms with E-state index in [1.807, 2.05) is 24.3 Å². The summed E-state index contributed by atoms with van der Waals surface area (Å²) in [6, 6.07) is 10.3. The minimum atomic E-state index is 0.781. The van der Waals surface area contributed by atoms with E-state index >= 15 is 0 Å². The largest absolute Gasteiger partial charge is 0.344 e. The van der Waals surface area contributed by atoms with Crippen LogP contribution in [0.2, 0.25) is 0 Å². The maximum Gasteiger partial charge on any atom is 0.0409 e. The van der Waals surface area contributed by atoms with Crippen molar-refractivity contribution in [3.8, 4) is 0 Å². The molecule has 0 saturated carbocycles. The van der Waals surface area contributed by atoms with Gasteiger partial charge >= 0.3 is 0 Å². The van der Waals surface area contributed by atoms with Crippen LogP contribution < -0.4 is 4.90 Å². The molecule has 0 aliphatic rings. The minimum Gasteiger partial charge on any atom is -0.344 e. The number of rotatable bonds is 6. The minimum absolute atomic E-state index is 0.781. The number of anilines is 1. The summed E-state index contributed by atoms with van der Waals surface area (Å²) < 4.78 is 0. The van der Waals surface area contributed by atoms with Crippen molar-refractivity contribution in [2.24, 2.45) is 0 Å². The molecule has 0 aliphatic carbocycles. The summed E-state index contributed by atoms with van der Waals surface area (Å²) in [4.78, 5) is 2.17. The van der Waals surface area contributed by atoms with Gasteiger partial charge in [0.1, 0.15) is 0 Å². The summed E-state index contributed by atoms with van der Waals surface area (Å²) in [6.45, 7) is 15.0. The van der Waals surface area contributed by atoms with Gasteiger partial charge in [0.2, 0.25) is 0 Å². The van der Waals surface area contributed by atoms with Gasteiger partial charge in [-0.05, 0) is 44.1 Å². The van der Waals surface area contributed by atoms with Crippen LogP contribution in [0.3, 0.4) is 0 Å². The first-order valence-corrected chi connectivity index (χ1v) is 6.49. The first-order chi connectivity index (χ1) is 9.04. The number of nitrogens with zero attached hydrogens (tertiary/aromatic N) is 1. The van der Waals surface area contributed by atoms with Gasteiger partial charge in [-0.2, -0.15) is 0 Å². The highest BCUT2D eigenvalue weighted by molar-refractivity contribution is 5.52. The number of benzene rings is 1. The molecule has 0 heterocycles. The highest BCUT2D eigenvalue weighted by Gasteiger charge is 2.02. The van der Waals surface area contributed by atoms with Gasteiger partial charge in [0.15, 0.2) is 0 Å². The summed E-state index contributed by atoms with van der Waals surface area (Å²) in [5.41, 5.74) is 4.62. The molecule has 1 rings (SSSR count). The molecule has 0 aliphatic heterocycles. The van der Waals surface area contributed by atoms with E-state index in [4.69, 9.17) is 0 Å². The molecule has 0 unspecified atom stereocenters. The lowest BCUT2D eigenvalue weighted by molar-refractivity contribution is 1.07. The Hall–Kier alpha value is -2.02. The molecule has 1 heteroatoms. The first-order valence-electron chi connectivity index (χ1n) is 6.49. The third kappa shape index (κ3) is 5.01. The molecular weight excluding hydrogens is 230 g/mol. The Kier molecular flexibility index (Phi) is 5.87. The van der Waals surface area contributed by atoms with Crippen LogP contribution in [0.1, 0.15) is 20.8 Å². The normalized spacial score (nSPS) is 10.8. The second-order valence-corrected chi connectivity index (χ2v) is 4.84. The molecule has 1 nitrogen and oxygen atoms in total. The van der Waals surface area contributed by atoms with Crippen LogP contribution in [0.5, 0.6) is 0 Å². The average molecular weight is 253 g/mol. The number of para-hydroxylation sites is 1. The van der Waals surface area contributed by atoms with E-state index < -0.39 is 0 Å². The summed E-state index contributed by atoms with van der Waals surface area (Å²) in [5.74, 6) is 0. The Bertz CT molecular complexity index is 488. The van der Waals surface area contributed by atoms with Gasteiger partial charge < -0.3 is 4.90 Å². The maximum absolute atomic E-state index is 4.10. The van der Waals surface area contributed by atoms with Crippen molar-refractivity contribution in [3.63, 3.8) is 0 Å². The molecular formula is C18H23N. The third-order valence-electron chi connectivity index (χ3n) is 2.73. The zero-order valence-electron chi connectivity index (χ0n) is 12.2. The lowest BCUT2D eigenvalue weighted by atomic mass is 10.1. The van der Waals surface area contributed by atoms with Gasteiger partial charge in [0, 0.05) is 18.4 Å². The Labute approximate surface area is 117 Å². The highest BCUT2D eigenvalue weighted by Crippen LogP contribution is 2.18. The monoisotopic (exact) mass is 253 g/mol. The van der Waals surface area contributed by atoms with E-state index in [1.54, 1.807) is 0 Å². The zero-order valence-corrected chi connectivity index (χ0v) is 12.2. The Balaban J connectivity index is 2.98. The smallest absolute Gasteiger partial charge is 0.0409 e. The molecule has 0 spiro atoms. The van der Waals surface area contributed by atoms with E-state index in [-0.39, 0.29) is 0 Å². The van der Waals surface area contributed by atoms with Crippen molar-refractivity contribution in [3.05, 3.63) is 78.6 Å². The van der Waals surface area contributed by atoms with Crippen LogP contribution >= 0.6 is 0 Å². The van der Waals surface area contributed by atoms with E-state index in [0.29, 0.717) is 0 Å². The van der Waals surface area contributed by atoms with Crippen LogP contribution in [-0.4, -0.2) is 6.54 Å². The van der Waals surface area contributed by atoms with E-state index in [2.05, 4.69) is 63.2 Å². The summed E-state index contributed by atoms with van der Waals surface area (Å²) in [5, 5.41) is 0. The lowest BCUT2D eigenvalue weighted by Gasteiger charge is -2.20. The quantitative estimate of drug-likeness (QED) is 0.503. The van der Waals surface area contributed by atoms with Crippen LogP contribution in [0.15, 0.2) is 78.6 Å². The van der Waals surface area contributed by atoms with Crippen molar-refractivity contribution in [2.45, 2.75) is 20.8 Å². The molecule has 100 valence electrons. The van der Waals surface area contributed by atoms with Gasteiger partial charge in [-0.25, -0.2) is 0 Å². The fraction of sp³-hybridized carbons (Fsp3) is 0.222. The van der Waals surface area contributed by atoms with Crippen molar-refractivity contribution >= 4 is 5.69 Å². The van der Waals surface area contributed by atoms with Crippen LogP contribution in [0, 0.1) is 0 Å². The number of hydrogen-bond acceptors (Lipinski definition) is 1. The molecule has 0 radical (unpaired) electrons. The molecule has 0 aromatic heterocycles. The molecule has 0 saturated heterocycles. The zero-order chi connectivity index (χ0) is 14.3. The number of allylic oxidation sites excluding steroid dienone is 4. The fourth-order valence-electron chi connectivity index (χ4n) is 1.77. The van der Waals surface area contributed by atoms with Gasteiger partial charge in [-0.1, -0.05) is 42.5 Å². The summed E-state index contributed by atoms with van der Waals surface area (Å²) >= 11 is 0. The highest BCUT2D eigenvalue weighted by atomic mass is 15.1. The second-order valence-electron chi connectivity index (χ2n) is 4.84. The standard InChI is InChI=1S/C18H23N/c1-6-12-19(18-10-8-7-9-11-18)14-17(5)16(4)13-15(2)3/h6-11,13-14H,1,4,12H2,2-3,5H3/b17-14-. The third-order valence-corrected chi connectivity index (χ3v) is 2.73. The van der Waals surface area contributed by atoms with Crippen molar-refractivity contribution in [1.29, 1.82) is 0 Å². The second kappa shape index (κ2) is 7.42. The SMILES string of the molecule is C=CCN(/C=C(/C)C(=C)C=C(C)C)c1ccccc1.